The Labute approximate surface area is 61.5 Å². The van der Waals surface area contributed by atoms with Gasteiger partial charge in [0.1, 0.15) is 0 Å². The molecule has 0 aromatic carbocycles. The lowest BCUT2D eigenvalue weighted by Crippen LogP contribution is -2.42. The van der Waals surface area contributed by atoms with E-state index in [1.807, 2.05) is 6.92 Å². The molecule has 0 aromatic heterocycles. The van der Waals surface area contributed by atoms with Gasteiger partial charge in [0.25, 0.3) is 0 Å². The molecule has 0 amide bonds. The highest BCUT2D eigenvalue weighted by Gasteiger charge is 2.36. The van der Waals surface area contributed by atoms with E-state index in [-0.39, 0.29) is 0 Å². The molecule has 0 bridgehead atoms. The smallest absolute Gasteiger partial charge is 0.150 e. The second-order valence-corrected chi connectivity index (χ2v) is 5.20. The van der Waals surface area contributed by atoms with E-state index in [0.29, 0.717) is 29.9 Å². The Morgan fingerprint density at radius 1 is 1.60 bits per heavy atom. The summed E-state index contributed by atoms with van der Waals surface area (Å²) in [6.45, 7) is 2.60. The minimum absolute atomic E-state index is 0.329. The van der Waals surface area contributed by atoms with Gasteiger partial charge < -0.3 is 5.73 Å². The lowest BCUT2D eigenvalue weighted by atomic mass is 9.97. The minimum Gasteiger partial charge on any atom is -0.330 e. The SMILES string of the molecule is CC(CN)C1CS(=O)(=O)C1. The molecule has 1 atom stereocenters. The standard InChI is InChI=1S/C6H13NO2S/c1-5(2-7)6-3-10(8,9)4-6/h5-6H,2-4,7H2,1H3. The van der Waals surface area contributed by atoms with Crippen molar-refractivity contribution in [3.63, 3.8) is 0 Å². The molecule has 2 N–H and O–H groups in total. The van der Waals surface area contributed by atoms with Gasteiger partial charge >= 0.3 is 0 Å². The van der Waals surface area contributed by atoms with Gasteiger partial charge in [0.2, 0.25) is 0 Å². The molecular weight excluding hydrogens is 150 g/mol. The van der Waals surface area contributed by atoms with E-state index in [1.54, 1.807) is 0 Å². The molecule has 1 aliphatic rings. The van der Waals surface area contributed by atoms with Crippen molar-refractivity contribution in [3.05, 3.63) is 0 Å². The summed E-state index contributed by atoms with van der Waals surface area (Å²) in [5.74, 6) is 1.40. The normalized spacial score (nSPS) is 27.4. The van der Waals surface area contributed by atoms with Gasteiger partial charge in [-0.2, -0.15) is 0 Å². The summed E-state index contributed by atoms with van der Waals surface area (Å²) in [5, 5.41) is 0. The van der Waals surface area contributed by atoms with E-state index >= 15 is 0 Å². The van der Waals surface area contributed by atoms with Gasteiger partial charge in [0, 0.05) is 0 Å². The average Bonchev–Trinajstić information content (AvgIpc) is 1.81. The average molecular weight is 163 g/mol. The highest BCUT2D eigenvalue weighted by molar-refractivity contribution is 7.92. The maximum Gasteiger partial charge on any atom is 0.150 e. The Balaban J connectivity index is 2.40. The van der Waals surface area contributed by atoms with Gasteiger partial charge in [0.05, 0.1) is 11.5 Å². The molecule has 0 aromatic rings. The Kier molecular flexibility index (Phi) is 2.01. The molecule has 10 heavy (non-hydrogen) atoms. The zero-order chi connectivity index (χ0) is 7.78. The minimum atomic E-state index is -2.64. The first kappa shape index (κ1) is 8.01. The topological polar surface area (TPSA) is 60.2 Å². The summed E-state index contributed by atoms with van der Waals surface area (Å²) in [7, 11) is -2.64. The van der Waals surface area contributed by atoms with Crippen LogP contribution in [0.1, 0.15) is 6.92 Å². The summed E-state index contributed by atoms with van der Waals surface area (Å²) in [6, 6.07) is 0. The summed E-state index contributed by atoms with van der Waals surface area (Å²) in [5.41, 5.74) is 5.38. The van der Waals surface area contributed by atoms with Gasteiger partial charge in [0.15, 0.2) is 9.84 Å². The second-order valence-electron chi connectivity index (χ2n) is 3.05. The molecule has 0 radical (unpaired) electrons. The molecule has 0 spiro atoms. The molecular formula is C6H13NO2S. The van der Waals surface area contributed by atoms with Crippen LogP contribution >= 0.6 is 0 Å². The van der Waals surface area contributed by atoms with Crippen molar-refractivity contribution in [2.45, 2.75) is 6.92 Å². The van der Waals surface area contributed by atoms with E-state index in [0.717, 1.165) is 0 Å². The van der Waals surface area contributed by atoms with Crippen LogP contribution in [0.4, 0.5) is 0 Å². The summed E-state index contributed by atoms with van der Waals surface area (Å²) in [4.78, 5) is 0. The Bertz CT molecular complexity index is 198. The van der Waals surface area contributed by atoms with Gasteiger partial charge in [-0.15, -0.1) is 0 Å². The highest BCUT2D eigenvalue weighted by Crippen LogP contribution is 2.24. The largest absolute Gasteiger partial charge is 0.330 e. The number of hydrogen-bond acceptors (Lipinski definition) is 3. The molecule has 3 nitrogen and oxygen atoms in total. The molecule has 1 aliphatic heterocycles. The van der Waals surface area contributed by atoms with Crippen molar-refractivity contribution in [1.82, 2.24) is 0 Å². The molecule has 1 saturated heterocycles. The predicted octanol–water partition coefficient (Wildman–Crippen LogP) is -0.374. The van der Waals surface area contributed by atoms with Crippen LogP contribution in [0.3, 0.4) is 0 Å². The first-order valence-electron chi connectivity index (χ1n) is 3.45. The number of nitrogens with two attached hydrogens (primary N) is 1. The van der Waals surface area contributed by atoms with E-state index in [1.165, 1.54) is 0 Å². The van der Waals surface area contributed by atoms with Crippen LogP contribution in [0.25, 0.3) is 0 Å². The van der Waals surface area contributed by atoms with Crippen molar-refractivity contribution in [1.29, 1.82) is 0 Å². The lowest BCUT2D eigenvalue weighted by molar-refractivity contribution is 0.396. The lowest BCUT2D eigenvalue weighted by Gasteiger charge is -2.30. The van der Waals surface area contributed by atoms with Crippen LogP contribution in [-0.2, 0) is 9.84 Å². The van der Waals surface area contributed by atoms with Crippen molar-refractivity contribution in [3.8, 4) is 0 Å². The maximum absolute atomic E-state index is 10.7. The van der Waals surface area contributed by atoms with Gasteiger partial charge in [-0.25, -0.2) is 8.42 Å². The van der Waals surface area contributed by atoms with E-state index in [2.05, 4.69) is 0 Å². The van der Waals surface area contributed by atoms with Crippen LogP contribution < -0.4 is 5.73 Å². The van der Waals surface area contributed by atoms with Crippen LogP contribution in [0.15, 0.2) is 0 Å². The van der Waals surface area contributed by atoms with Crippen molar-refractivity contribution >= 4 is 9.84 Å². The van der Waals surface area contributed by atoms with Gasteiger partial charge in [-0.3, -0.25) is 0 Å². The highest BCUT2D eigenvalue weighted by atomic mass is 32.2. The summed E-state index contributed by atoms with van der Waals surface area (Å²) in [6.07, 6.45) is 0. The number of sulfone groups is 1. The molecule has 1 unspecified atom stereocenters. The third-order valence-electron chi connectivity index (χ3n) is 2.11. The van der Waals surface area contributed by atoms with E-state index in [9.17, 15) is 8.42 Å². The molecule has 60 valence electrons. The fourth-order valence-corrected chi connectivity index (χ4v) is 2.99. The quantitative estimate of drug-likeness (QED) is 0.604. The summed E-state index contributed by atoms with van der Waals surface area (Å²) >= 11 is 0. The first-order chi connectivity index (χ1) is 4.55. The van der Waals surface area contributed by atoms with Crippen LogP contribution in [-0.4, -0.2) is 26.5 Å². The Hall–Kier alpha value is -0.0900. The molecule has 1 heterocycles. The molecule has 0 aliphatic carbocycles. The Morgan fingerprint density at radius 3 is 2.40 bits per heavy atom. The third-order valence-corrected chi connectivity index (χ3v) is 3.98. The number of hydrogen-bond donors (Lipinski definition) is 1. The van der Waals surface area contributed by atoms with Crippen molar-refractivity contribution < 1.29 is 8.42 Å². The predicted molar refractivity (Wildman–Crippen MR) is 40.4 cm³/mol. The molecule has 1 rings (SSSR count). The second kappa shape index (κ2) is 2.51. The molecule has 4 heteroatoms. The Morgan fingerprint density at radius 2 is 2.10 bits per heavy atom. The summed E-state index contributed by atoms with van der Waals surface area (Å²) < 4.78 is 21.4. The van der Waals surface area contributed by atoms with Gasteiger partial charge in [-0.05, 0) is 18.4 Å². The fraction of sp³-hybridized carbons (Fsp3) is 1.00. The van der Waals surface area contributed by atoms with E-state index in [4.69, 9.17) is 5.73 Å². The maximum atomic E-state index is 10.7. The van der Waals surface area contributed by atoms with E-state index < -0.39 is 9.84 Å². The monoisotopic (exact) mass is 163 g/mol. The first-order valence-corrected chi connectivity index (χ1v) is 5.28. The van der Waals surface area contributed by atoms with Gasteiger partial charge in [-0.1, -0.05) is 6.92 Å². The molecule has 0 saturated carbocycles. The van der Waals surface area contributed by atoms with Crippen LogP contribution in [0, 0.1) is 11.8 Å². The van der Waals surface area contributed by atoms with Crippen LogP contribution in [0.5, 0.6) is 0 Å². The molecule has 1 fully saturated rings. The fourth-order valence-electron chi connectivity index (χ4n) is 1.12. The van der Waals surface area contributed by atoms with Crippen LogP contribution in [0.2, 0.25) is 0 Å². The zero-order valence-electron chi connectivity index (χ0n) is 6.08. The zero-order valence-corrected chi connectivity index (χ0v) is 6.89. The number of rotatable bonds is 2. The third kappa shape index (κ3) is 1.49. The van der Waals surface area contributed by atoms with Crippen molar-refractivity contribution in [2.75, 3.05) is 18.1 Å². The van der Waals surface area contributed by atoms with Crippen molar-refractivity contribution in [2.24, 2.45) is 17.6 Å².